The normalized spacial score (nSPS) is 15.8. The molecule has 0 saturated heterocycles. The summed E-state index contributed by atoms with van der Waals surface area (Å²) in [5, 5.41) is 13.5. The molecule has 0 bridgehead atoms. The largest absolute Gasteiger partial charge is 0.384 e. The fraction of sp³-hybridized carbons (Fsp3) is 0.235. The Morgan fingerprint density at radius 1 is 1.19 bits per heavy atom. The Hall–Kier alpha value is -1.65. The van der Waals surface area contributed by atoms with E-state index in [1.807, 2.05) is 36.4 Å². The molecule has 4 heteroatoms. The van der Waals surface area contributed by atoms with Crippen LogP contribution in [0.15, 0.2) is 46.9 Å². The number of rotatable bonds is 2. The Morgan fingerprint density at radius 3 is 2.81 bits per heavy atom. The average Bonchev–Trinajstić information content (AvgIpc) is 2.69. The van der Waals surface area contributed by atoms with E-state index in [1.165, 1.54) is 0 Å². The van der Waals surface area contributed by atoms with Gasteiger partial charge >= 0.3 is 0 Å². The number of nitrogens with one attached hydrogen (secondary N) is 1. The summed E-state index contributed by atoms with van der Waals surface area (Å²) in [5.41, 5.74) is 3.26. The van der Waals surface area contributed by atoms with E-state index in [0.29, 0.717) is 12.1 Å². The molecule has 0 aromatic heterocycles. The lowest BCUT2D eigenvalue weighted by Crippen LogP contribution is -2.22. The highest BCUT2D eigenvalue weighted by molar-refractivity contribution is 9.10. The molecule has 0 radical (unpaired) electrons. The highest BCUT2D eigenvalue weighted by Gasteiger charge is 2.19. The first-order chi connectivity index (χ1) is 10.2. The SMILES string of the molecule is O=C1NCCCc2ccc(C(O)c3ccccc3Br)cc21. The number of carbonyl (C=O) groups excluding carboxylic acids is 1. The van der Waals surface area contributed by atoms with Crippen molar-refractivity contribution in [1.82, 2.24) is 5.32 Å². The summed E-state index contributed by atoms with van der Waals surface area (Å²) >= 11 is 3.45. The third kappa shape index (κ3) is 2.87. The van der Waals surface area contributed by atoms with Crippen LogP contribution in [-0.4, -0.2) is 17.6 Å². The van der Waals surface area contributed by atoms with Gasteiger partial charge in [0.25, 0.3) is 5.91 Å². The Labute approximate surface area is 132 Å². The van der Waals surface area contributed by atoms with Crippen LogP contribution in [0.1, 0.15) is 39.6 Å². The molecule has 1 atom stereocenters. The van der Waals surface area contributed by atoms with Crippen LogP contribution < -0.4 is 5.32 Å². The number of halogens is 1. The van der Waals surface area contributed by atoms with Crippen molar-refractivity contribution >= 4 is 21.8 Å². The molecule has 1 aliphatic rings. The van der Waals surface area contributed by atoms with Crippen molar-refractivity contribution in [3.63, 3.8) is 0 Å². The van der Waals surface area contributed by atoms with E-state index in [2.05, 4.69) is 21.2 Å². The molecule has 2 aromatic carbocycles. The van der Waals surface area contributed by atoms with E-state index in [0.717, 1.165) is 34.0 Å². The number of fused-ring (bicyclic) bond motifs is 1. The molecule has 2 aromatic rings. The van der Waals surface area contributed by atoms with Gasteiger partial charge in [0.2, 0.25) is 0 Å². The van der Waals surface area contributed by atoms with Gasteiger partial charge in [-0.2, -0.15) is 0 Å². The number of hydrogen-bond donors (Lipinski definition) is 2. The highest BCUT2D eigenvalue weighted by atomic mass is 79.9. The lowest BCUT2D eigenvalue weighted by Gasteiger charge is -2.15. The van der Waals surface area contributed by atoms with Crippen LogP contribution >= 0.6 is 15.9 Å². The number of aryl methyl sites for hydroxylation is 1. The summed E-state index contributed by atoms with van der Waals surface area (Å²) in [6.45, 7) is 0.704. The van der Waals surface area contributed by atoms with Gasteiger partial charge in [0.15, 0.2) is 0 Å². The second-order valence-electron chi connectivity index (χ2n) is 5.20. The summed E-state index contributed by atoms with van der Waals surface area (Å²) in [4.78, 5) is 12.1. The lowest BCUT2D eigenvalue weighted by atomic mass is 9.95. The molecule has 21 heavy (non-hydrogen) atoms. The van der Waals surface area contributed by atoms with Gasteiger partial charge in [-0.25, -0.2) is 0 Å². The smallest absolute Gasteiger partial charge is 0.251 e. The van der Waals surface area contributed by atoms with E-state index < -0.39 is 6.10 Å². The van der Waals surface area contributed by atoms with Crippen molar-refractivity contribution < 1.29 is 9.90 Å². The zero-order valence-corrected chi connectivity index (χ0v) is 13.1. The second-order valence-corrected chi connectivity index (χ2v) is 6.05. The van der Waals surface area contributed by atoms with Crippen LogP contribution in [0.25, 0.3) is 0 Å². The van der Waals surface area contributed by atoms with Crippen molar-refractivity contribution in [2.45, 2.75) is 18.9 Å². The van der Waals surface area contributed by atoms with Gasteiger partial charge in [0.1, 0.15) is 6.10 Å². The minimum absolute atomic E-state index is 0.0522. The number of aliphatic hydroxyl groups is 1. The Balaban J connectivity index is 2.00. The fourth-order valence-corrected chi connectivity index (χ4v) is 3.15. The summed E-state index contributed by atoms with van der Waals surface area (Å²) in [5.74, 6) is -0.0522. The minimum atomic E-state index is -0.748. The zero-order chi connectivity index (χ0) is 14.8. The van der Waals surface area contributed by atoms with Crippen LogP contribution in [0.5, 0.6) is 0 Å². The van der Waals surface area contributed by atoms with E-state index in [-0.39, 0.29) is 5.91 Å². The standard InChI is InChI=1S/C17H16BrNO2/c18-15-6-2-1-5-13(15)16(20)12-8-7-11-4-3-9-19-17(21)14(11)10-12/h1-2,5-8,10,16,20H,3-4,9H2,(H,19,21). The van der Waals surface area contributed by atoms with Crippen LogP contribution in [0.2, 0.25) is 0 Å². The van der Waals surface area contributed by atoms with Crippen molar-refractivity contribution in [3.05, 3.63) is 69.2 Å². The van der Waals surface area contributed by atoms with Gasteiger partial charge in [-0.15, -0.1) is 0 Å². The summed E-state index contributed by atoms with van der Waals surface area (Å²) in [6.07, 6.45) is 1.09. The van der Waals surface area contributed by atoms with Gasteiger partial charge in [0, 0.05) is 16.6 Å². The lowest BCUT2D eigenvalue weighted by molar-refractivity contribution is 0.0956. The molecular weight excluding hydrogens is 330 g/mol. The third-order valence-corrected chi connectivity index (χ3v) is 4.52. The summed E-state index contributed by atoms with van der Waals surface area (Å²) in [7, 11) is 0. The molecule has 1 amide bonds. The number of aliphatic hydroxyl groups excluding tert-OH is 1. The van der Waals surface area contributed by atoms with Gasteiger partial charge < -0.3 is 10.4 Å². The first-order valence-electron chi connectivity index (χ1n) is 7.00. The quantitative estimate of drug-likeness (QED) is 0.877. The third-order valence-electron chi connectivity index (χ3n) is 3.80. The highest BCUT2D eigenvalue weighted by Crippen LogP contribution is 2.30. The van der Waals surface area contributed by atoms with Crippen LogP contribution in [0, 0.1) is 0 Å². The molecule has 0 spiro atoms. The summed E-state index contributed by atoms with van der Waals surface area (Å²) in [6, 6.07) is 13.2. The van der Waals surface area contributed by atoms with E-state index in [4.69, 9.17) is 0 Å². The zero-order valence-electron chi connectivity index (χ0n) is 11.5. The molecule has 2 N–H and O–H groups in total. The molecule has 1 aliphatic heterocycles. The van der Waals surface area contributed by atoms with Crippen LogP contribution in [-0.2, 0) is 6.42 Å². The Morgan fingerprint density at radius 2 is 2.00 bits per heavy atom. The van der Waals surface area contributed by atoms with Crippen molar-refractivity contribution in [1.29, 1.82) is 0 Å². The monoisotopic (exact) mass is 345 g/mol. The molecule has 1 heterocycles. The Bertz CT molecular complexity index is 684. The maximum absolute atomic E-state index is 12.1. The van der Waals surface area contributed by atoms with Crippen LogP contribution in [0.3, 0.4) is 0 Å². The second kappa shape index (κ2) is 6.00. The summed E-state index contributed by atoms with van der Waals surface area (Å²) < 4.78 is 0.858. The average molecular weight is 346 g/mol. The van der Waals surface area contributed by atoms with E-state index in [1.54, 1.807) is 6.07 Å². The number of benzene rings is 2. The number of amides is 1. The first-order valence-corrected chi connectivity index (χ1v) is 7.79. The topological polar surface area (TPSA) is 49.3 Å². The molecule has 3 rings (SSSR count). The number of carbonyl (C=O) groups is 1. The molecule has 0 aliphatic carbocycles. The molecular formula is C17H16BrNO2. The van der Waals surface area contributed by atoms with E-state index >= 15 is 0 Å². The fourth-order valence-electron chi connectivity index (χ4n) is 2.65. The maximum atomic E-state index is 12.1. The van der Waals surface area contributed by atoms with Crippen molar-refractivity contribution in [2.24, 2.45) is 0 Å². The molecule has 1 unspecified atom stereocenters. The predicted octanol–water partition coefficient (Wildman–Crippen LogP) is 3.21. The molecule has 0 fully saturated rings. The Kier molecular flexibility index (Phi) is 4.08. The first kappa shape index (κ1) is 14.3. The molecule has 0 saturated carbocycles. The van der Waals surface area contributed by atoms with Gasteiger partial charge in [-0.05, 0) is 41.7 Å². The molecule has 108 valence electrons. The van der Waals surface area contributed by atoms with Gasteiger partial charge in [0.05, 0.1) is 0 Å². The van der Waals surface area contributed by atoms with E-state index in [9.17, 15) is 9.90 Å². The van der Waals surface area contributed by atoms with Crippen molar-refractivity contribution in [3.8, 4) is 0 Å². The predicted molar refractivity (Wildman–Crippen MR) is 85.3 cm³/mol. The van der Waals surface area contributed by atoms with Gasteiger partial charge in [-0.3, -0.25) is 4.79 Å². The van der Waals surface area contributed by atoms with Crippen LogP contribution in [0.4, 0.5) is 0 Å². The van der Waals surface area contributed by atoms with Gasteiger partial charge in [-0.1, -0.05) is 46.3 Å². The minimum Gasteiger partial charge on any atom is -0.384 e. The maximum Gasteiger partial charge on any atom is 0.251 e. The molecule has 3 nitrogen and oxygen atoms in total. The van der Waals surface area contributed by atoms with Crippen molar-refractivity contribution in [2.75, 3.05) is 6.54 Å². The number of hydrogen-bond acceptors (Lipinski definition) is 2.